The summed E-state index contributed by atoms with van der Waals surface area (Å²) < 4.78 is 0. The average Bonchev–Trinajstić information content (AvgIpc) is 1.99. The molecule has 0 saturated heterocycles. The zero-order chi connectivity index (χ0) is 8.85. The maximum atomic E-state index is 11.1. The molecule has 0 aliphatic rings. The van der Waals surface area contributed by atoms with Crippen molar-refractivity contribution in [1.29, 1.82) is 0 Å². The van der Waals surface area contributed by atoms with Gasteiger partial charge in [-0.15, -0.1) is 6.58 Å². The lowest BCUT2D eigenvalue weighted by atomic mass is 9.99. The normalized spacial score (nSPS) is 13.1. The zero-order valence-electron chi connectivity index (χ0n) is 7.76. The van der Waals surface area contributed by atoms with Gasteiger partial charge in [0.25, 0.3) is 0 Å². The van der Waals surface area contributed by atoms with Crippen molar-refractivity contribution < 1.29 is 4.79 Å². The van der Waals surface area contributed by atoms with E-state index in [0.717, 1.165) is 6.42 Å². The summed E-state index contributed by atoms with van der Waals surface area (Å²) in [6.07, 6.45) is 3.54. The second kappa shape index (κ2) is 5.11. The van der Waals surface area contributed by atoms with E-state index in [0.29, 0.717) is 18.1 Å². The van der Waals surface area contributed by atoms with Crippen molar-refractivity contribution >= 4 is 5.78 Å². The van der Waals surface area contributed by atoms with Gasteiger partial charge in [0.2, 0.25) is 0 Å². The molecule has 0 bridgehead atoms. The molecule has 0 radical (unpaired) electrons. The Labute approximate surface area is 69.5 Å². The van der Waals surface area contributed by atoms with Gasteiger partial charge in [0.15, 0.2) is 0 Å². The average molecular weight is 154 g/mol. The molecule has 0 rings (SSSR count). The van der Waals surface area contributed by atoms with Crippen LogP contribution in [0, 0.1) is 11.8 Å². The molecule has 0 amide bonds. The molecule has 1 atom stereocenters. The van der Waals surface area contributed by atoms with Crippen molar-refractivity contribution in [1.82, 2.24) is 0 Å². The molecule has 0 heterocycles. The largest absolute Gasteiger partial charge is 0.299 e. The van der Waals surface area contributed by atoms with Crippen molar-refractivity contribution in [2.45, 2.75) is 33.6 Å². The van der Waals surface area contributed by atoms with Gasteiger partial charge in [0.1, 0.15) is 5.78 Å². The number of ketones is 1. The number of allylic oxidation sites excluding steroid dienone is 1. The van der Waals surface area contributed by atoms with E-state index in [9.17, 15) is 4.79 Å². The molecule has 64 valence electrons. The predicted molar refractivity (Wildman–Crippen MR) is 48.4 cm³/mol. The number of carbonyl (C=O) groups is 1. The Kier molecular flexibility index (Phi) is 4.84. The highest BCUT2D eigenvalue weighted by molar-refractivity contribution is 5.80. The highest BCUT2D eigenvalue weighted by Gasteiger charge is 2.07. The van der Waals surface area contributed by atoms with E-state index in [-0.39, 0.29) is 5.92 Å². The maximum Gasteiger partial charge on any atom is 0.135 e. The second-order valence-corrected chi connectivity index (χ2v) is 3.37. The number of Topliss-reactive ketones (excluding diaryl/α,β-unsaturated/α-hetero) is 1. The first kappa shape index (κ1) is 10.4. The number of hydrogen-bond donors (Lipinski definition) is 0. The van der Waals surface area contributed by atoms with E-state index in [2.05, 4.69) is 13.5 Å². The van der Waals surface area contributed by atoms with Crippen LogP contribution >= 0.6 is 0 Å². The fraction of sp³-hybridized carbons (Fsp3) is 0.700. The first-order valence-corrected chi connectivity index (χ1v) is 4.23. The molecule has 0 aromatic heterocycles. The minimum atomic E-state index is 0.187. The van der Waals surface area contributed by atoms with Gasteiger partial charge in [-0.1, -0.05) is 26.8 Å². The van der Waals surface area contributed by atoms with Crippen LogP contribution in [0.15, 0.2) is 12.7 Å². The zero-order valence-corrected chi connectivity index (χ0v) is 7.76. The van der Waals surface area contributed by atoms with E-state index in [4.69, 9.17) is 0 Å². The van der Waals surface area contributed by atoms with Crippen molar-refractivity contribution in [3.63, 3.8) is 0 Å². The maximum absolute atomic E-state index is 11.1. The van der Waals surface area contributed by atoms with Gasteiger partial charge >= 0.3 is 0 Å². The summed E-state index contributed by atoms with van der Waals surface area (Å²) in [5.41, 5.74) is 0. The predicted octanol–water partition coefficient (Wildman–Crippen LogP) is 2.81. The topological polar surface area (TPSA) is 17.1 Å². The third kappa shape index (κ3) is 4.77. The molecule has 0 saturated carbocycles. The van der Waals surface area contributed by atoms with Crippen molar-refractivity contribution in [3.8, 4) is 0 Å². The SMILES string of the molecule is C=C[C@@H](C)CCC(=O)C(C)C. The van der Waals surface area contributed by atoms with Gasteiger partial charge in [0.05, 0.1) is 0 Å². The van der Waals surface area contributed by atoms with Crippen LogP contribution in [0.3, 0.4) is 0 Å². The van der Waals surface area contributed by atoms with Crippen LogP contribution in [0.25, 0.3) is 0 Å². The van der Waals surface area contributed by atoms with Crippen LogP contribution in [-0.2, 0) is 4.79 Å². The van der Waals surface area contributed by atoms with Crippen molar-refractivity contribution in [3.05, 3.63) is 12.7 Å². The molecule has 0 N–H and O–H groups in total. The van der Waals surface area contributed by atoms with Crippen LogP contribution in [0.1, 0.15) is 33.6 Å². The Morgan fingerprint density at radius 2 is 2.00 bits per heavy atom. The lowest BCUT2D eigenvalue weighted by Gasteiger charge is -2.06. The molecule has 0 aromatic carbocycles. The highest BCUT2D eigenvalue weighted by Crippen LogP contribution is 2.09. The Morgan fingerprint density at radius 1 is 1.45 bits per heavy atom. The molecule has 0 spiro atoms. The summed E-state index contributed by atoms with van der Waals surface area (Å²) in [6.45, 7) is 9.65. The van der Waals surface area contributed by atoms with Gasteiger partial charge < -0.3 is 0 Å². The highest BCUT2D eigenvalue weighted by atomic mass is 16.1. The molecule has 0 unspecified atom stereocenters. The van der Waals surface area contributed by atoms with E-state index in [1.165, 1.54) is 0 Å². The molecule has 0 fully saturated rings. The summed E-state index contributed by atoms with van der Waals surface area (Å²) >= 11 is 0. The standard InChI is InChI=1S/C10H18O/c1-5-9(4)6-7-10(11)8(2)3/h5,8-9H,1,6-7H2,2-4H3/t9-/m1/s1. The molecule has 0 aliphatic carbocycles. The smallest absolute Gasteiger partial charge is 0.135 e. The molecular weight excluding hydrogens is 136 g/mol. The van der Waals surface area contributed by atoms with E-state index in [1.54, 1.807) is 0 Å². The molecular formula is C10H18O. The van der Waals surface area contributed by atoms with Crippen LogP contribution in [-0.4, -0.2) is 5.78 Å². The molecule has 1 heteroatoms. The minimum Gasteiger partial charge on any atom is -0.299 e. The number of hydrogen-bond acceptors (Lipinski definition) is 1. The quantitative estimate of drug-likeness (QED) is 0.556. The third-order valence-corrected chi connectivity index (χ3v) is 1.89. The summed E-state index contributed by atoms with van der Waals surface area (Å²) in [7, 11) is 0. The van der Waals surface area contributed by atoms with Gasteiger partial charge in [0, 0.05) is 12.3 Å². The van der Waals surface area contributed by atoms with Gasteiger partial charge in [-0.05, 0) is 12.3 Å². The monoisotopic (exact) mass is 154 g/mol. The van der Waals surface area contributed by atoms with Crippen LogP contribution < -0.4 is 0 Å². The van der Waals surface area contributed by atoms with E-state index < -0.39 is 0 Å². The van der Waals surface area contributed by atoms with Gasteiger partial charge in [-0.2, -0.15) is 0 Å². The Morgan fingerprint density at radius 3 is 2.36 bits per heavy atom. The van der Waals surface area contributed by atoms with Crippen LogP contribution in [0.4, 0.5) is 0 Å². The first-order chi connectivity index (χ1) is 5.07. The number of rotatable bonds is 5. The fourth-order valence-corrected chi connectivity index (χ4v) is 0.776. The summed E-state index contributed by atoms with van der Waals surface area (Å²) in [5.74, 6) is 1.02. The van der Waals surface area contributed by atoms with Crippen molar-refractivity contribution in [2.24, 2.45) is 11.8 Å². The Bertz CT molecular complexity index is 136. The number of carbonyl (C=O) groups excluding carboxylic acids is 1. The van der Waals surface area contributed by atoms with Crippen molar-refractivity contribution in [2.75, 3.05) is 0 Å². The molecule has 0 aliphatic heterocycles. The van der Waals surface area contributed by atoms with Crippen LogP contribution in [0.2, 0.25) is 0 Å². The fourth-order valence-electron chi connectivity index (χ4n) is 0.776. The lowest BCUT2D eigenvalue weighted by Crippen LogP contribution is -2.07. The molecule has 0 aromatic rings. The van der Waals surface area contributed by atoms with E-state index >= 15 is 0 Å². The summed E-state index contributed by atoms with van der Waals surface area (Å²) in [4.78, 5) is 11.1. The Balaban J connectivity index is 3.54. The third-order valence-electron chi connectivity index (χ3n) is 1.89. The molecule has 1 nitrogen and oxygen atoms in total. The van der Waals surface area contributed by atoms with E-state index in [1.807, 2.05) is 19.9 Å². The van der Waals surface area contributed by atoms with Crippen LogP contribution in [0.5, 0.6) is 0 Å². The minimum absolute atomic E-state index is 0.187. The summed E-state index contributed by atoms with van der Waals surface area (Å²) in [6, 6.07) is 0. The first-order valence-electron chi connectivity index (χ1n) is 4.23. The van der Waals surface area contributed by atoms with Gasteiger partial charge in [-0.3, -0.25) is 4.79 Å². The van der Waals surface area contributed by atoms with Gasteiger partial charge in [-0.25, -0.2) is 0 Å². The lowest BCUT2D eigenvalue weighted by molar-refractivity contribution is -0.122. The Hall–Kier alpha value is -0.590. The summed E-state index contributed by atoms with van der Waals surface area (Å²) in [5, 5.41) is 0. The molecule has 11 heavy (non-hydrogen) atoms. The second-order valence-electron chi connectivity index (χ2n) is 3.37.